The summed E-state index contributed by atoms with van der Waals surface area (Å²) in [6.07, 6.45) is 0. The van der Waals surface area contributed by atoms with E-state index in [1.165, 1.54) is 33.5 Å². The summed E-state index contributed by atoms with van der Waals surface area (Å²) in [5, 5.41) is 10.7. The summed E-state index contributed by atoms with van der Waals surface area (Å²) in [7, 11) is 4.43. The molecule has 1 N–H and O–H groups in total. The molecular formula is C19H17NO5S. The van der Waals surface area contributed by atoms with Crippen LogP contribution in [0.25, 0.3) is 10.6 Å². The number of aromatic nitrogens is 1. The van der Waals surface area contributed by atoms with Gasteiger partial charge in [-0.2, -0.15) is 0 Å². The second-order valence-electron chi connectivity index (χ2n) is 5.28. The third-order valence-electron chi connectivity index (χ3n) is 3.77. The third kappa shape index (κ3) is 3.21. The molecule has 2 aromatic carbocycles. The maximum Gasteiger partial charge on any atom is 0.216 e. The van der Waals surface area contributed by atoms with Gasteiger partial charge in [-0.05, 0) is 12.1 Å². The molecule has 6 nitrogen and oxygen atoms in total. The van der Waals surface area contributed by atoms with Gasteiger partial charge in [-0.1, -0.05) is 41.7 Å². The highest BCUT2D eigenvalue weighted by Crippen LogP contribution is 2.40. The Bertz CT molecular complexity index is 911. The normalized spacial score (nSPS) is 10.4. The Morgan fingerprint density at radius 2 is 1.62 bits per heavy atom. The van der Waals surface area contributed by atoms with Gasteiger partial charge < -0.3 is 19.3 Å². The lowest BCUT2D eigenvalue weighted by molar-refractivity contribution is 0.103. The molecule has 0 aliphatic carbocycles. The molecule has 0 fully saturated rings. The van der Waals surface area contributed by atoms with Crippen molar-refractivity contribution in [3.63, 3.8) is 0 Å². The summed E-state index contributed by atoms with van der Waals surface area (Å²) < 4.78 is 15.8. The predicted molar refractivity (Wildman–Crippen MR) is 98.7 cm³/mol. The maximum atomic E-state index is 12.9. The molecule has 1 heterocycles. The number of hydrogen-bond donors (Lipinski definition) is 1. The summed E-state index contributed by atoms with van der Waals surface area (Å²) in [5.41, 5.74) is 1.10. The Hall–Kier alpha value is -3.06. The molecule has 0 bridgehead atoms. The first-order valence-electron chi connectivity index (χ1n) is 7.69. The van der Waals surface area contributed by atoms with Crippen LogP contribution < -0.4 is 14.2 Å². The minimum Gasteiger partial charge on any atom is -0.498 e. The monoisotopic (exact) mass is 371 g/mol. The van der Waals surface area contributed by atoms with Crippen molar-refractivity contribution in [3.05, 3.63) is 53.7 Å². The van der Waals surface area contributed by atoms with Crippen LogP contribution in [-0.2, 0) is 0 Å². The molecule has 0 unspecified atom stereocenters. The lowest BCUT2D eigenvalue weighted by Crippen LogP contribution is -2.05. The Morgan fingerprint density at radius 1 is 1.00 bits per heavy atom. The fourth-order valence-electron chi connectivity index (χ4n) is 2.51. The molecule has 134 valence electrons. The van der Waals surface area contributed by atoms with E-state index in [1.807, 2.05) is 30.3 Å². The zero-order chi connectivity index (χ0) is 18.7. The highest BCUT2D eigenvalue weighted by molar-refractivity contribution is 7.17. The lowest BCUT2D eigenvalue weighted by Gasteiger charge is -2.13. The molecule has 3 rings (SSSR count). The zero-order valence-corrected chi connectivity index (χ0v) is 15.3. The molecule has 0 amide bonds. The van der Waals surface area contributed by atoms with E-state index >= 15 is 0 Å². The molecule has 1 aromatic heterocycles. The first-order chi connectivity index (χ1) is 12.6. The van der Waals surface area contributed by atoms with Gasteiger partial charge in [-0.3, -0.25) is 4.79 Å². The average Bonchev–Trinajstić information content (AvgIpc) is 3.08. The minimum absolute atomic E-state index is 0.0110. The largest absolute Gasteiger partial charge is 0.498 e. The van der Waals surface area contributed by atoms with Crippen molar-refractivity contribution in [1.29, 1.82) is 0 Å². The number of methoxy groups -OCH3 is 3. The number of thiazole rings is 1. The van der Waals surface area contributed by atoms with Gasteiger partial charge in [0.1, 0.15) is 5.01 Å². The van der Waals surface area contributed by atoms with Gasteiger partial charge in [0, 0.05) is 11.1 Å². The van der Waals surface area contributed by atoms with Crippen LogP contribution >= 0.6 is 11.3 Å². The summed E-state index contributed by atoms with van der Waals surface area (Å²) in [4.78, 5) is 17.2. The molecular weight excluding hydrogens is 354 g/mol. The van der Waals surface area contributed by atoms with Gasteiger partial charge in [0.15, 0.2) is 17.2 Å². The second-order valence-corrected chi connectivity index (χ2v) is 6.26. The standard InChI is InChI=1S/C19H17NO5S/c1-23-13-9-12(10-14(24-2)17(13)25-3)16(21)15-19(22)26-18(20-15)11-7-5-4-6-8-11/h4-10,22H,1-3H3. The molecule has 0 saturated carbocycles. The molecule has 26 heavy (non-hydrogen) atoms. The lowest BCUT2D eigenvalue weighted by atomic mass is 10.1. The molecule has 0 atom stereocenters. The number of rotatable bonds is 6. The van der Waals surface area contributed by atoms with Gasteiger partial charge in [0.2, 0.25) is 16.6 Å². The van der Waals surface area contributed by atoms with Crippen LogP contribution in [0, 0.1) is 0 Å². The molecule has 0 aliphatic heterocycles. The number of aromatic hydroxyl groups is 1. The van der Waals surface area contributed by atoms with Crippen molar-refractivity contribution in [1.82, 2.24) is 4.98 Å². The number of ether oxygens (including phenoxy) is 3. The molecule has 7 heteroatoms. The number of ketones is 1. The van der Waals surface area contributed by atoms with Gasteiger partial charge in [0.05, 0.1) is 21.3 Å². The highest BCUT2D eigenvalue weighted by Gasteiger charge is 2.23. The summed E-state index contributed by atoms with van der Waals surface area (Å²) in [6.45, 7) is 0. The van der Waals surface area contributed by atoms with Crippen molar-refractivity contribution in [2.75, 3.05) is 21.3 Å². The van der Waals surface area contributed by atoms with Crippen molar-refractivity contribution in [3.8, 4) is 32.9 Å². The molecule has 0 spiro atoms. The van der Waals surface area contributed by atoms with Crippen molar-refractivity contribution in [2.24, 2.45) is 0 Å². The van der Waals surface area contributed by atoms with Crippen LogP contribution in [0.2, 0.25) is 0 Å². The van der Waals surface area contributed by atoms with Gasteiger partial charge in [-0.15, -0.1) is 0 Å². The number of hydrogen-bond acceptors (Lipinski definition) is 7. The number of benzene rings is 2. The zero-order valence-electron chi connectivity index (χ0n) is 14.5. The Kier molecular flexibility index (Phi) is 5.09. The van der Waals surface area contributed by atoms with E-state index < -0.39 is 5.78 Å². The van der Waals surface area contributed by atoms with Crippen molar-refractivity contribution >= 4 is 17.1 Å². The van der Waals surface area contributed by atoms with Crippen LogP contribution in [0.5, 0.6) is 22.3 Å². The third-order valence-corrected chi connectivity index (χ3v) is 4.68. The van der Waals surface area contributed by atoms with Gasteiger partial charge >= 0.3 is 0 Å². The number of carbonyl (C=O) groups is 1. The minimum atomic E-state index is -0.430. The molecule has 0 aliphatic rings. The van der Waals surface area contributed by atoms with E-state index in [2.05, 4.69) is 4.98 Å². The first-order valence-corrected chi connectivity index (χ1v) is 8.50. The van der Waals surface area contributed by atoms with E-state index in [-0.39, 0.29) is 16.3 Å². The summed E-state index contributed by atoms with van der Waals surface area (Å²) in [6, 6.07) is 12.4. The highest BCUT2D eigenvalue weighted by atomic mass is 32.1. The fourth-order valence-corrected chi connectivity index (χ4v) is 3.32. The SMILES string of the molecule is COc1cc(C(=O)c2nc(-c3ccccc3)sc2O)cc(OC)c1OC. The topological polar surface area (TPSA) is 77.9 Å². The van der Waals surface area contributed by atoms with Crippen LogP contribution in [-0.4, -0.2) is 37.2 Å². The van der Waals surface area contributed by atoms with Crippen LogP contribution in [0.3, 0.4) is 0 Å². The second kappa shape index (κ2) is 7.45. The quantitative estimate of drug-likeness (QED) is 0.665. The van der Waals surface area contributed by atoms with Crippen LogP contribution in [0.15, 0.2) is 42.5 Å². The van der Waals surface area contributed by atoms with Gasteiger partial charge in [-0.25, -0.2) is 4.98 Å². The summed E-state index contributed by atoms with van der Waals surface area (Å²) >= 11 is 1.05. The van der Waals surface area contributed by atoms with Gasteiger partial charge in [0.25, 0.3) is 0 Å². The maximum absolute atomic E-state index is 12.9. The van der Waals surface area contributed by atoms with E-state index in [9.17, 15) is 9.90 Å². The fraction of sp³-hybridized carbons (Fsp3) is 0.158. The smallest absolute Gasteiger partial charge is 0.216 e. The van der Waals surface area contributed by atoms with E-state index in [1.54, 1.807) is 0 Å². The number of carbonyl (C=O) groups excluding carboxylic acids is 1. The molecule has 0 saturated heterocycles. The Morgan fingerprint density at radius 3 is 2.15 bits per heavy atom. The Labute approximate surface area is 154 Å². The molecule has 3 aromatic rings. The predicted octanol–water partition coefficient (Wildman–Crippen LogP) is 3.77. The number of nitrogens with zero attached hydrogens (tertiary/aromatic N) is 1. The van der Waals surface area contributed by atoms with E-state index in [0.29, 0.717) is 22.3 Å². The average molecular weight is 371 g/mol. The summed E-state index contributed by atoms with van der Waals surface area (Å²) in [5.74, 6) is 0.667. The molecule has 0 radical (unpaired) electrons. The van der Waals surface area contributed by atoms with Crippen LogP contribution in [0.1, 0.15) is 16.1 Å². The van der Waals surface area contributed by atoms with E-state index in [0.717, 1.165) is 16.9 Å². The van der Waals surface area contributed by atoms with Crippen molar-refractivity contribution < 1.29 is 24.1 Å². The first kappa shape index (κ1) is 17.8. The van der Waals surface area contributed by atoms with Crippen molar-refractivity contribution in [2.45, 2.75) is 0 Å². The van der Waals surface area contributed by atoms with Crippen LogP contribution in [0.4, 0.5) is 0 Å². The Balaban J connectivity index is 2.04. The van der Waals surface area contributed by atoms with E-state index in [4.69, 9.17) is 14.2 Å².